The third kappa shape index (κ3) is 3.33. The SMILES string of the molecule is NC1(CCN2CCC3(CCCCC3)CC2)CCCC1. The third-order valence-electron chi connectivity index (χ3n) is 6.36. The van der Waals surface area contributed by atoms with E-state index in [1.807, 2.05) is 0 Å². The third-order valence-corrected chi connectivity index (χ3v) is 6.36. The Bertz CT molecular complexity index is 278. The topological polar surface area (TPSA) is 29.3 Å². The Labute approximate surface area is 119 Å². The van der Waals surface area contributed by atoms with Crippen LogP contribution in [-0.4, -0.2) is 30.1 Å². The van der Waals surface area contributed by atoms with Crippen molar-refractivity contribution < 1.29 is 0 Å². The molecule has 2 heteroatoms. The molecule has 0 radical (unpaired) electrons. The molecule has 1 spiro atoms. The lowest BCUT2D eigenvalue weighted by molar-refractivity contribution is 0.0640. The van der Waals surface area contributed by atoms with Crippen LogP contribution in [0.15, 0.2) is 0 Å². The number of likely N-dealkylation sites (tertiary alicyclic amines) is 1. The maximum atomic E-state index is 6.49. The van der Waals surface area contributed by atoms with E-state index < -0.39 is 0 Å². The molecule has 1 aliphatic heterocycles. The lowest BCUT2D eigenvalue weighted by Gasteiger charge is -2.44. The van der Waals surface area contributed by atoms with Crippen molar-refractivity contribution in [3.63, 3.8) is 0 Å². The molecule has 0 aromatic rings. The van der Waals surface area contributed by atoms with Gasteiger partial charge in [-0.3, -0.25) is 0 Å². The fraction of sp³-hybridized carbons (Fsp3) is 1.00. The summed E-state index contributed by atoms with van der Waals surface area (Å²) >= 11 is 0. The van der Waals surface area contributed by atoms with E-state index in [0.29, 0.717) is 0 Å². The summed E-state index contributed by atoms with van der Waals surface area (Å²) in [5.41, 5.74) is 7.43. The standard InChI is InChI=1S/C17H32N2/c18-17(8-4-5-9-17)12-15-19-13-10-16(11-14-19)6-2-1-3-7-16/h1-15,18H2. The van der Waals surface area contributed by atoms with Crippen LogP contribution in [0.5, 0.6) is 0 Å². The summed E-state index contributed by atoms with van der Waals surface area (Å²) in [5, 5.41) is 0. The van der Waals surface area contributed by atoms with Gasteiger partial charge in [-0.25, -0.2) is 0 Å². The number of nitrogens with zero attached hydrogens (tertiary/aromatic N) is 1. The summed E-state index contributed by atoms with van der Waals surface area (Å²) in [5.74, 6) is 0. The van der Waals surface area contributed by atoms with E-state index in [9.17, 15) is 0 Å². The minimum absolute atomic E-state index is 0.194. The van der Waals surface area contributed by atoms with Crippen LogP contribution in [0.3, 0.4) is 0 Å². The number of piperidine rings is 1. The first kappa shape index (κ1) is 13.9. The molecule has 3 rings (SSSR count). The van der Waals surface area contributed by atoms with Gasteiger partial charge in [-0.1, -0.05) is 32.1 Å². The van der Waals surface area contributed by atoms with Crippen LogP contribution in [0.4, 0.5) is 0 Å². The Hall–Kier alpha value is -0.0800. The summed E-state index contributed by atoms with van der Waals surface area (Å²) in [6.07, 6.45) is 16.9. The highest BCUT2D eigenvalue weighted by molar-refractivity contribution is 4.92. The fourth-order valence-electron chi connectivity index (χ4n) is 4.76. The number of nitrogens with two attached hydrogens (primary N) is 1. The Morgan fingerprint density at radius 3 is 1.95 bits per heavy atom. The van der Waals surface area contributed by atoms with Crippen molar-refractivity contribution in [1.82, 2.24) is 4.90 Å². The Morgan fingerprint density at radius 2 is 1.32 bits per heavy atom. The average molecular weight is 264 g/mol. The molecule has 2 nitrogen and oxygen atoms in total. The zero-order valence-corrected chi connectivity index (χ0v) is 12.6. The second-order valence-corrected chi connectivity index (χ2v) is 7.72. The van der Waals surface area contributed by atoms with Crippen LogP contribution < -0.4 is 5.73 Å². The number of hydrogen-bond donors (Lipinski definition) is 1. The van der Waals surface area contributed by atoms with Gasteiger partial charge in [0.2, 0.25) is 0 Å². The van der Waals surface area contributed by atoms with Crippen molar-refractivity contribution in [3.8, 4) is 0 Å². The van der Waals surface area contributed by atoms with Crippen LogP contribution >= 0.6 is 0 Å². The maximum absolute atomic E-state index is 6.49. The highest BCUT2D eigenvalue weighted by Crippen LogP contribution is 2.44. The predicted octanol–water partition coefficient (Wildman–Crippen LogP) is 3.69. The first-order valence-corrected chi connectivity index (χ1v) is 8.71. The van der Waals surface area contributed by atoms with E-state index in [-0.39, 0.29) is 5.54 Å². The molecule has 1 saturated heterocycles. The number of rotatable bonds is 3. The minimum atomic E-state index is 0.194. The van der Waals surface area contributed by atoms with Crippen LogP contribution in [0.1, 0.15) is 77.0 Å². The van der Waals surface area contributed by atoms with E-state index in [0.717, 1.165) is 5.41 Å². The molecule has 2 aliphatic carbocycles. The predicted molar refractivity (Wildman–Crippen MR) is 81.2 cm³/mol. The smallest absolute Gasteiger partial charge is 0.0166 e. The molecule has 0 atom stereocenters. The van der Waals surface area contributed by atoms with Gasteiger partial charge in [0.05, 0.1) is 0 Å². The molecule has 0 bridgehead atoms. The number of hydrogen-bond acceptors (Lipinski definition) is 2. The quantitative estimate of drug-likeness (QED) is 0.842. The summed E-state index contributed by atoms with van der Waals surface area (Å²) in [6, 6.07) is 0. The lowest BCUT2D eigenvalue weighted by Crippen LogP contribution is -2.45. The van der Waals surface area contributed by atoms with E-state index >= 15 is 0 Å². The van der Waals surface area contributed by atoms with E-state index in [1.54, 1.807) is 0 Å². The molecule has 19 heavy (non-hydrogen) atoms. The van der Waals surface area contributed by atoms with Crippen LogP contribution in [0.25, 0.3) is 0 Å². The second kappa shape index (κ2) is 5.73. The van der Waals surface area contributed by atoms with E-state index in [2.05, 4.69) is 4.90 Å². The maximum Gasteiger partial charge on any atom is 0.0166 e. The first-order chi connectivity index (χ1) is 9.20. The Morgan fingerprint density at radius 1 is 0.737 bits per heavy atom. The molecule has 0 amide bonds. The highest BCUT2D eigenvalue weighted by Gasteiger charge is 2.36. The fourth-order valence-corrected chi connectivity index (χ4v) is 4.76. The zero-order valence-electron chi connectivity index (χ0n) is 12.6. The minimum Gasteiger partial charge on any atom is -0.325 e. The molecule has 2 saturated carbocycles. The Balaban J connectivity index is 1.42. The first-order valence-electron chi connectivity index (χ1n) is 8.71. The summed E-state index contributed by atoms with van der Waals surface area (Å²) in [7, 11) is 0. The summed E-state index contributed by atoms with van der Waals surface area (Å²) in [6.45, 7) is 3.94. The largest absolute Gasteiger partial charge is 0.325 e. The Kier molecular flexibility index (Phi) is 4.19. The lowest BCUT2D eigenvalue weighted by atomic mass is 9.68. The average Bonchev–Trinajstić information content (AvgIpc) is 2.87. The molecule has 0 aromatic heterocycles. The molecule has 110 valence electrons. The van der Waals surface area contributed by atoms with Gasteiger partial charge in [0.15, 0.2) is 0 Å². The highest BCUT2D eigenvalue weighted by atomic mass is 15.1. The van der Waals surface area contributed by atoms with Crippen LogP contribution in [0.2, 0.25) is 0 Å². The van der Waals surface area contributed by atoms with Crippen molar-refractivity contribution in [1.29, 1.82) is 0 Å². The molecule has 3 fully saturated rings. The monoisotopic (exact) mass is 264 g/mol. The molecule has 2 N–H and O–H groups in total. The van der Waals surface area contributed by atoms with Crippen molar-refractivity contribution in [3.05, 3.63) is 0 Å². The van der Waals surface area contributed by atoms with E-state index in [4.69, 9.17) is 5.73 Å². The van der Waals surface area contributed by atoms with Crippen molar-refractivity contribution in [2.45, 2.75) is 82.6 Å². The van der Waals surface area contributed by atoms with Crippen LogP contribution in [-0.2, 0) is 0 Å². The molecule has 3 aliphatic rings. The van der Waals surface area contributed by atoms with Gasteiger partial charge in [0.1, 0.15) is 0 Å². The van der Waals surface area contributed by atoms with Crippen molar-refractivity contribution in [2.75, 3.05) is 19.6 Å². The van der Waals surface area contributed by atoms with Crippen molar-refractivity contribution in [2.24, 2.45) is 11.1 Å². The van der Waals surface area contributed by atoms with Gasteiger partial charge in [0, 0.05) is 5.54 Å². The van der Waals surface area contributed by atoms with Crippen LogP contribution in [0, 0.1) is 5.41 Å². The molecule has 1 heterocycles. The summed E-state index contributed by atoms with van der Waals surface area (Å²) in [4.78, 5) is 2.70. The van der Waals surface area contributed by atoms with Gasteiger partial charge in [-0.2, -0.15) is 0 Å². The van der Waals surface area contributed by atoms with E-state index in [1.165, 1.54) is 96.7 Å². The molecular formula is C17H32N2. The second-order valence-electron chi connectivity index (χ2n) is 7.72. The summed E-state index contributed by atoms with van der Waals surface area (Å²) < 4.78 is 0. The molecule has 0 aromatic carbocycles. The van der Waals surface area contributed by atoms with Gasteiger partial charge in [-0.05, 0) is 70.0 Å². The van der Waals surface area contributed by atoms with Crippen molar-refractivity contribution >= 4 is 0 Å². The zero-order chi connectivity index (χ0) is 13.2. The van der Waals surface area contributed by atoms with Gasteiger partial charge >= 0.3 is 0 Å². The molecule has 0 unspecified atom stereocenters. The normalized spacial score (nSPS) is 30.8. The van der Waals surface area contributed by atoms with Gasteiger partial charge in [0.25, 0.3) is 0 Å². The van der Waals surface area contributed by atoms with Gasteiger partial charge in [-0.15, -0.1) is 0 Å². The van der Waals surface area contributed by atoms with Gasteiger partial charge < -0.3 is 10.6 Å². The molecular weight excluding hydrogens is 232 g/mol.